The molecule has 0 bridgehead atoms. The lowest BCUT2D eigenvalue weighted by Crippen LogP contribution is -2.50. The van der Waals surface area contributed by atoms with Crippen molar-refractivity contribution >= 4 is 6.09 Å². The molecule has 1 rings (SSSR count). The summed E-state index contributed by atoms with van der Waals surface area (Å²) >= 11 is 0. The lowest BCUT2D eigenvalue weighted by atomic mass is 9.97. The normalized spacial score (nSPS) is 24.1. The van der Waals surface area contributed by atoms with Gasteiger partial charge in [-0.25, -0.2) is 4.79 Å². The Labute approximate surface area is 123 Å². The standard InChI is InChI=1S/C15H30N2O3/c1-15(2,3)20-14(18)17-10-8-13(19-6)11-12(17)7-9-16(4)5/h12-13H,7-11H2,1-6H3. The molecular weight excluding hydrogens is 256 g/mol. The maximum Gasteiger partial charge on any atom is 0.410 e. The van der Waals surface area contributed by atoms with Crippen LogP contribution in [0.15, 0.2) is 0 Å². The third-order valence-corrected chi connectivity index (χ3v) is 3.54. The Morgan fingerprint density at radius 3 is 2.50 bits per heavy atom. The van der Waals surface area contributed by atoms with Gasteiger partial charge in [-0.1, -0.05) is 0 Å². The van der Waals surface area contributed by atoms with Gasteiger partial charge in [0.2, 0.25) is 0 Å². The molecule has 1 heterocycles. The molecule has 20 heavy (non-hydrogen) atoms. The van der Waals surface area contributed by atoms with Crippen molar-refractivity contribution < 1.29 is 14.3 Å². The summed E-state index contributed by atoms with van der Waals surface area (Å²) in [7, 11) is 5.85. The van der Waals surface area contributed by atoms with Gasteiger partial charge in [-0.05, 0) is 60.7 Å². The number of likely N-dealkylation sites (tertiary alicyclic amines) is 1. The van der Waals surface area contributed by atoms with Crippen LogP contribution in [0.2, 0.25) is 0 Å². The van der Waals surface area contributed by atoms with E-state index in [0.717, 1.165) is 25.8 Å². The van der Waals surface area contributed by atoms with Gasteiger partial charge in [-0.2, -0.15) is 0 Å². The number of nitrogens with zero attached hydrogens (tertiary/aromatic N) is 2. The van der Waals surface area contributed by atoms with Gasteiger partial charge in [0.1, 0.15) is 5.60 Å². The summed E-state index contributed by atoms with van der Waals surface area (Å²) in [5.41, 5.74) is -0.443. The monoisotopic (exact) mass is 286 g/mol. The molecule has 1 saturated heterocycles. The number of piperidine rings is 1. The molecule has 1 fully saturated rings. The molecule has 1 aliphatic rings. The largest absolute Gasteiger partial charge is 0.444 e. The van der Waals surface area contributed by atoms with Crippen LogP contribution in [0.3, 0.4) is 0 Å². The molecule has 0 N–H and O–H groups in total. The summed E-state index contributed by atoms with van der Waals surface area (Å²) in [6.07, 6.45) is 2.78. The van der Waals surface area contributed by atoms with Crippen molar-refractivity contribution in [2.45, 2.75) is 57.8 Å². The van der Waals surface area contributed by atoms with E-state index in [1.165, 1.54) is 0 Å². The van der Waals surface area contributed by atoms with Gasteiger partial charge in [-0.15, -0.1) is 0 Å². The average molecular weight is 286 g/mol. The molecule has 2 unspecified atom stereocenters. The van der Waals surface area contributed by atoms with Crippen molar-refractivity contribution in [1.82, 2.24) is 9.80 Å². The molecule has 0 spiro atoms. The Bertz CT molecular complexity index is 313. The minimum Gasteiger partial charge on any atom is -0.444 e. The highest BCUT2D eigenvalue weighted by molar-refractivity contribution is 5.68. The summed E-state index contributed by atoms with van der Waals surface area (Å²) in [4.78, 5) is 16.3. The SMILES string of the molecule is COC1CCN(C(=O)OC(C)(C)C)C(CCN(C)C)C1. The number of methoxy groups -OCH3 is 1. The highest BCUT2D eigenvalue weighted by Gasteiger charge is 2.33. The first kappa shape index (κ1) is 17.2. The molecule has 0 radical (unpaired) electrons. The predicted molar refractivity (Wildman–Crippen MR) is 79.9 cm³/mol. The number of hydrogen-bond acceptors (Lipinski definition) is 4. The van der Waals surface area contributed by atoms with Crippen LogP contribution in [0.5, 0.6) is 0 Å². The van der Waals surface area contributed by atoms with Crippen LogP contribution in [-0.2, 0) is 9.47 Å². The van der Waals surface area contributed by atoms with Gasteiger partial charge in [0, 0.05) is 19.7 Å². The molecule has 5 nitrogen and oxygen atoms in total. The van der Waals surface area contributed by atoms with E-state index in [0.29, 0.717) is 6.54 Å². The van der Waals surface area contributed by atoms with E-state index >= 15 is 0 Å². The van der Waals surface area contributed by atoms with E-state index in [2.05, 4.69) is 19.0 Å². The van der Waals surface area contributed by atoms with E-state index in [9.17, 15) is 4.79 Å². The molecule has 118 valence electrons. The Morgan fingerprint density at radius 1 is 1.35 bits per heavy atom. The van der Waals surface area contributed by atoms with Crippen molar-refractivity contribution in [2.24, 2.45) is 0 Å². The van der Waals surface area contributed by atoms with Crippen LogP contribution in [0.25, 0.3) is 0 Å². The predicted octanol–water partition coefficient (Wildman–Crippen LogP) is 2.35. The van der Waals surface area contributed by atoms with Crippen LogP contribution >= 0.6 is 0 Å². The Morgan fingerprint density at radius 2 is 2.00 bits per heavy atom. The summed E-state index contributed by atoms with van der Waals surface area (Å²) in [5, 5.41) is 0. The number of rotatable bonds is 4. The first-order valence-electron chi connectivity index (χ1n) is 7.40. The van der Waals surface area contributed by atoms with Gasteiger partial charge >= 0.3 is 6.09 Å². The average Bonchev–Trinajstić information content (AvgIpc) is 2.33. The molecule has 1 aliphatic heterocycles. The summed E-state index contributed by atoms with van der Waals surface area (Å²) in [6, 6.07) is 0.200. The molecule has 0 aromatic rings. The minimum absolute atomic E-state index is 0.198. The van der Waals surface area contributed by atoms with E-state index < -0.39 is 5.60 Å². The zero-order valence-electron chi connectivity index (χ0n) is 13.8. The molecule has 0 aromatic carbocycles. The minimum atomic E-state index is -0.443. The van der Waals surface area contributed by atoms with E-state index in [1.54, 1.807) is 7.11 Å². The zero-order chi connectivity index (χ0) is 15.3. The summed E-state index contributed by atoms with van der Waals surface area (Å²) < 4.78 is 11.0. The number of carbonyl (C=O) groups excluding carboxylic acids is 1. The van der Waals surface area contributed by atoms with E-state index in [4.69, 9.17) is 9.47 Å². The smallest absolute Gasteiger partial charge is 0.410 e. The van der Waals surface area contributed by atoms with Gasteiger partial charge < -0.3 is 19.3 Å². The Balaban J connectivity index is 2.67. The topological polar surface area (TPSA) is 42.0 Å². The van der Waals surface area contributed by atoms with Gasteiger partial charge in [-0.3, -0.25) is 0 Å². The lowest BCUT2D eigenvalue weighted by Gasteiger charge is -2.40. The third kappa shape index (κ3) is 5.67. The fourth-order valence-corrected chi connectivity index (χ4v) is 2.47. The molecule has 0 saturated carbocycles. The van der Waals surface area contributed by atoms with Gasteiger partial charge in [0.15, 0.2) is 0 Å². The van der Waals surface area contributed by atoms with E-state index in [1.807, 2.05) is 25.7 Å². The highest BCUT2D eigenvalue weighted by Crippen LogP contribution is 2.24. The van der Waals surface area contributed by atoms with Crippen LogP contribution in [0, 0.1) is 0 Å². The van der Waals surface area contributed by atoms with Gasteiger partial charge in [0.05, 0.1) is 6.10 Å². The molecule has 0 aromatic heterocycles. The molecule has 0 aliphatic carbocycles. The fourth-order valence-electron chi connectivity index (χ4n) is 2.47. The molecule has 5 heteroatoms. The molecule has 2 atom stereocenters. The van der Waals surface area contributed by atoms with Crippen LogP contribution < -0.4 is 0 Å². The first-order valence-corrected chi connectivity index (χ1v) is 7.40. The second kappa shape index (κ2) is 7.27. The number of hydrogen-bond donors (Lipinski definition) is 0. The summed E-state index contributed by atoms with van der Waals surface area (Å²) in [5.74, 6) is 0. The molecular formula is C15H30N2O3. The second-order valence-electron chi connectivity index (χ2n) is 6.80. The quantitative estimate of drug-likeness (QED) is 0.795. The second-order valence-corrected chi connectivity index (χ2v) is 6.80. The number of ether oxygens (including phenoxy) is 2. The lowest BCUT2D eigenvalue weighted by molar-refractivity contribution is -0.0203. The zero-order valence-corrected chi connectivity index (χ0v) is 13.8. The van der Waals surface area contributed by atoms with Crippen molar-refractivity contribution in [3.63, 3.8) is 0 Å². The maximum absolute atomic E-state index is 12.3. The van der Waals surface area contributed by atoms with Crippen molar-refractivity contribution in [1.29, 1.82) is 0 Å². The van der Waals surface area contributed by atoms with Crippen molar-refractivity contribution in [3.05, 3.63) is 0 Å². The number of carbonyl (C=O) groups is 1. The fraction of sp³-hybridized carbons (Fsp3) is 0.933. The van der Waals surface area contributed by atoms with Crippen molar-refractivity contribution in [3.8, 4) is 0 Å². The van der Waals surface area contributed by atoms with Crippen LogP contribution in [0.4, 0.5) is 4.79 Å². The Kier molecular flexibility index (Phi) is 6.27. The van der Waals surface area contributed by atoms with Crippen LogP contribution in [-0.4, -0.2) is 67.9 Å². The highest BCUT2D eigenvalue weighted by atomic mass is 16.6. The summed E-state index contributed by atoms with van der Waals surface area (Å²) in [6.45, 7) is 7.39. The number of amides is 1. The van der Waals surface area contributed by atoms with Crippen LogP contribution in [0.1, 0.15) is 40.0 Å². The molecule has 1 amide bonds. The van der Waals surface area contributed by atoms with Crippen molar-refractivity contribution in [2.75, 3.05) is 34.3 Å². The first-order chi connectivity index (χ1) is 9.23. The third-order valence-electron chi connectivity index (χ3n) is 3.54. The Hall–Kier alpha value is -0.810. The maximum atomic E-state index is 12.3. The van der Waals surface area contributed by atoms with Gasteiger partial charge in [0.25, 0.3) is 0 Å². The van der Waals surface area contributed by atoms with E-state index in [-0.39, 0.29) is 18.2 Å².